The quantitative estimate of drug-likeness (QED) is 0.0261. The molecule has 6 nitrogen and oxygen atoms in total. The molecule has 0 radical (unpaired) electrons. The molecule has 412 valence electrons. The predicted molar refractivity (Wildman–Crippen MR) is 311 cm³/mol. The number of ether oxygens (including phenoxy) is 3. The van der Waals surface area contributed by atoms with Crippen LogP contribution in [-0.4, -0.2) is 37.2 Å². The van der Waals surface area contributed by atoms with E-state index in [2.05, 4.69) is 112 Å². The molecular formula is C66H112O6. The average Bonchev–Trinajstić information content (AvgIpc) is 3.38. The number of carbonyl (C=O) groups is 3. The normalized spacial score (nSPS) is 12.8. The summed E-state index contributed by atoms with van der Waals surface area (Å²) < 4.78 is 16.8. The topological polar surface area (TPSA) is 78.9 Å². The summed E-state index contributed by atoms with van der Waals surface area (Å²) in [5.74, 6) is -0.998. The van der Waals surface area contributed by atoms with Crippen LogP contribution in [0.25, 0.3) is 0 Å². The van der Waals surface area contributed by atoms with Crippen LogP contribution in [0.2, 0.25) is 0 Å². The zero-order valence-corrected chi connectivity index (χ0v) is 47.2. The van der Waals surface area contributed by atoms with Gasteiger partial charge in [0.2, 0.25) is 0 Å². The van der Waals surface area contributed by atoms with E-state index in [9.17, 15) is 14.4 Å². The van der Waals surface area contributed by atoms with E-state index in [4.69, 9.17) is 14.2 Å². The third-order valence-corrected chi connectivity index (χ3v) is 12.8. The first-order valence-electron chi connectivity index (χ1n) is 30.2. The zero-order valence-electron chi connectivity index (χ0n) is 47.2. The van der Waals surface area contributed by atoms with Crippen molar-refractivity contribution in [2.45, 2.75) is 290 Å². The lowest BCUT2D eigenvalue weighted by atomic mass is 10.0. The summed E-state index contributed by atoms with van der Waals surface area (Å²) in [4.78, 5) is 38.2. The summed E-state index contributed by atoms with van der Waals surface area (Å²) in [5, 5.41) is 0. The Morgan fingerprint density at radius 3 is 0.944 bits per heavy atom. The Morgan fingerprint density at radius 1 is 0.292 bits per heavy atom. The Labute approximate surface area is 445 Å². The Morgan fingerprint density at radius 2 is 0.569 bits per heavy atom. The van der Waals surface area contributed by atoms with Gasteiger partial charge in [-0.3, -0.25) is 14.4 Å². The van der Waals surface area contributed by atoms with Crippen molar-refractivity contribution in [2.24, 2.45) is 0 Å². The highest BCUT2D eigenvalue weighted by Gasteiger charge is 2.19. The zero-order chi connectivity index (χ0) is 52.2. The van der Waals surface area contributed by atoms with Gasteiger partial charge in [0.05, 0.1) is 0 Å². The molecule has 0 N–H and O–H groups in total. The number of allylic oxidation sites excluding steroid dienone is 16. The van der Waals surface area contributed by atoms with Gasteiger partial charge in [-0.05, 0) is 89.9 Å². The molecule has 0 amide bonds. The standard InChI is InChI=1S/C66H112O6/c1-4-7-10-13-16-19-22-25-28-31-33-35-38-41-44-47-50-53-56-59-65(68)71-62-63(61-70-64(67)58-55-52-49-46-43-40-37-30-27-24-21-18-15-12-9-6-3)72-66(69)60-57-54-51-48-45-42-39-36-34-32-29-26-23-20-17-14-11-8-5-2/h7,10,16,19,21,24-25,28,30,33,35,37,41,44,50,53,63H,4-6,8-9,11-15,17-18,20,22-23,26-27,29,31-32,34,36,38-40,42-43,45-49,51-52,54-62H2,1-3H3/b10-7-,19-16-,24-21-,28-25-,35-33-,37-30-,44-41-,53-50-. The molecule has 0 heterocycles. The number of esters is 3. The van der Waals surface area contributed by atoms with Gasteiger partial charge in [0.1, 0.15) is 13.2 Å². The molecule has 0 aliphatic heterocycles. The van der Waals surface area contributed by atoms with Gasteiger partial charge in [0.25, 0.3) is 0 Å². The smallest absolute Gasteiger partial charge is 0.306 e. The summed E-state index contributed by atoms with van der Waals surface area (Å²) in [5.41, 5.74) is 0. The second-order valence-electron chi connectivity index (χ2n) is 19.9. The minimum Gasteiger partial charge on any atom is -0.462 e. The van der Waals surface area contributed by atoms with Crippen LogP contribution in [0, 0.1) is 0 Å². The molecule has 0 fully saturated rings. The van der Waals surface area contributed by atoms with E-state index in [1.54, 1.807) is 0 Å². The van der Waals surface area contributed by atoms with Gasteiger partial charge < -0.3 is 14.2 Å². The van der Waals surface area contributed by atoms with Crippen LogP contribution < -0.4 is 0 Å². The van der Waals surface area contributed by atoms with Gasteiger partial charge in [-0.15, -0.1) is 0 Å². The van der Waals surface area contributed by atoms with Crippen LogP contribution in [0.3, 0.4) is 0 Å². The monoisotopic (exact) mass is 1000 g/mol. The molecule has 72 heavy (non-hydrogen) atoms. The van der Waals surface area contributed by atoms with Crippen molar-refractivity contribution in [3.8, 4) is 0 Å². The van der Waals surface area contributed by atoms with Crippen molar-refractivity contribution in [1.82, 2.24) is 0 Å². The minimum absolute atomic E-state index is 0.107. The Hall–Kier alpha value is -3.67. The van der Waals surface area contributed by atoms with E-state index in [1.807, 2.05) is 6.08 Å². The lowest BCUT2D eigenvalue weighted by Crippen LogP contribution is -2.30. The first-order chi connectivity index (χ1) is 35.5. The molecule has 0 bridgehead atoms. The van der Waals surface area contributed by atoms with Crippen LogP contribution in [0.15, 0.2) is 97.2 Å². The fourth-order valence-electron chi connectivity index (χ4n) is 8.32. The molecule has 6 heteroatoms. The van der Waals surface area contributed by atoms with E-state index < -0.39 is 6.10 Å². The van der Waals surface area contributed by atoms with Crippen LogP contribution in [0.5, 0.6) is 0 Å². The van der Waals surface area contributed by atoms with E-state index in [1.165, 1.54) is 135 Å². The molecule has 0 aromatic heterocycles. The number of carbonyl (C=O) groups excluding carboxylic acids is 3. The maximum absolute atomic E-state index is 12.9. The Kier molecular flexibility index (Phi) is 56.8. The molecule has 0 saturated heterocycles. The van der Waals surface area contributed by atoms with Crippen LogP contribution in [0.4, 0.5) is 0 Å². The van der Waals surface area contributed by atoms with Crippen molar-refractivity contribution in [3.63, 3.8) is 0 Å². The van der Waals surface area contributed by atoms with Gasteiger partial charge in [-0.1, -0.05) is 272 Å². The molecule has 0 aromatic carbocycles. The van der Waals surface area contributed by atoms with Gasteiger partial charge in [-0.2, -0.15) is 0 Å². The lowest BCUT2D eigenvalue weighted by Gasteiger charge is -2.18. The van der Waals surface area contributed by atoms with Gasteiger partial charge >= 0.3 is 17.9 Å². The molecule has 0 saturated carbocycles. The average molecular weight is 1000 g/mol. The van der Waals surface area contributed by atoms with E-state index >= 15 is 0 Å². The van der Waals surface area contributed by atoms with Crippen LogP contribution in [-0.2, 0) is 28.6 Å². The predicted octanol–water partition coefficient (Wildman–Crippen LogP) is 20.5. The largest absolute Gasteiger partial charge is 0.462 e. The van der Waals surface area contributed by atoms with E-state index in [0.717, 1.165) is 103 Å². The summed E-state index contributed by atoms with van der Waals surface area (Å²) in [6, 6.07) is 0. The van der Waals surface area contributed by atoms with Crippen molar-refractivity contribution >= 4 is 17.9 Å². The third-order valence-electron chi connectivity index (χ3n) is 12.8. The highest BCUT2D eigenvalue weighted by atomic mass is 16.6. The molecule has 1 unspecified atom stereocenters. The Balaban J connectivity index is 4.49. The highest BCUT2D eigenvalue weighted by molar-refractivity contribution is 5.71. The van der Waals surface area contributed by atoms with Gasteiger partial charge in [-0.25, -0.2) is 0 Å². The molecular weight excluding hydrogens is 889 g/mol. The Bertz CT molecular complexity index is 1430. The molecule has 1 atom stereocenters. The van der Waals surface area contributed by atoms with Crippen molar-refractivity contribution < 1.29 is 28.6 Å². The molecule has 0 spiro atoms. The molecule has 0 aromatic rings. The minimum atomic E-state index is -0.814. The summed E-state index contributed by atoms with van der Waals surface area (Å²) in [7, 11) is 0. The second-order valence-corrected chi connectivity index (χ2v) is 19.9. The first-order valence-corrected chi connectivity index (χ1v) is 30.2. The van der Waals surface area contributed by atoms with Gasteiger partial charge in [0.15, 0.2) is 6.10 Å². The fraction of sp³-hybridized carbons (Fsp3) is 0.712. The van der Waals surface area contributed by atoms with Crippen LogP contribution in [0.1, 0.15) is 284 Å². The maximum atomic E-state index is 12.9. The van der Waals surface area contributed by atoms with E-state index in [-0.39, 0.29) is 37.5 Å². The number of hydrogen-bond acceptors (Lipinski definition) is 6. The number of hydrogen-bond donors (Lipinski definition) is 0. The van der Waals surface area contributed by atoms with Crippen LogP contribution >= 0.6 is 0 Å². The van der Waals surface area contributed by atoms with E-state index in [0.29, 0.717) is 19.3 Å². The fourth-order valence-corrected chi connectivity index (χ4v) is 8.32. The lowest BCUT2D eigenvalue weighted by molar-refractivity contribution is -0.166. The summed E-state index contributed by atoms with van der Waals surface area (Å²) in [6.45, 7) is 6.46. The third kappa shape index (κ3) is 57.2. The molecule has 0 aliphatic rings. The highest BCUT2D eigenvalue weighted by Crippen LogP contribution is 2.16. The van der Waals surface area contributed by atoms with Crippen molar-refractivity contribution in [3.05, 3.63) is 97.2 Å². The summed E-state index contributed by atoms with van der Waals surface area (Å²) >= 11 is 0. The van der Waals surface area contributed by atoms with Crippen molar-refractivity contribution in [1.29, 1.82) is 0 Å². The first kappa shape index (κ1) is 68.3. The summed E-state index contributed by atoms with van der Waals surface area (Å²) in [6.07, 6.45) is 79.8. The number of unbranched alkanes of at least 4 members (excludes halogenated alkanes) is 27. The molecule has 0 aliphatic carbocycles. The second kappa shape index (κ2) is 59.9. The molecule has 0 rings (SSSR count). The maximum Gasteiger partial charge on any atom is 0.306 e. The van der Waals surface area contributed by atoms with Crippen molar-refractivity contribution in [2.75, 3.05) is 13.2 Å². The SMILES string of the molecule is CC/C=C\C/C=C\C/C=C\C/C=C\C/C=C\C/C=C\CCC(=O)OCC(COC(=O)CCCCCCC/C=C\C/C=C\CCCCCC)OC(=O)CCCCCCCCCCCCCCCCCCCCC. The number of rotatable bonds is 54. The van der Waals surface area contributed by atoms with Gasteiger partial charge in [0, 0.05) is 19.3 Å².